The summed E-state index contributed by atoms with van der Waals surface area (Å²) < 4.78 is 0. The van der Waals surface area contributed by atoms with Crippen molar-refractivity contribution < 1.29 is 5.11 Å². The van der Waals surface area contributed by atoms with Crippen LogP contribution in [0.15, 0.2) is 0 Å². The molecule has 0 saturated carbocycles. The van der Waals surface area contributed by atoms with E-state index < -0.39 is 0 Å². The highest BCUT2D eigenvalue weighted by Gasteiger charge is 1.63. The van der Waals surface area contributed by atoms with E-state index in [2.05, 4.69) is 5.32 Å². The molecule has 0 spiro atoms. The number of halogens is 1. The van der Waals surface area contributed by atoms with Gasteiger partial charge in [0.2, 0.25) is 0 Å². The number of hydrogen-bond donors (Lipinski definition) is 2. The molecular formula is C3H10ClNO. The molecule has 2 N–H and O–H groups in total. The van der Waals surface area contributed by atoms with Crippen LogP contribution in [0.1, 0.15) is 6.92 Å². The maximum atomic E-state index is 7.96. The van der Waals surface area contributed by atoms with Crippen molar-refractivity contribution in [2.45, 2.75) is 6.92 Å². The van der Waals surface area contributed by atoms with E-state index in [4.69, 9.17) is 5.11 Å². The Labute approximate surface area is 44.0 Å². The lowest BCUT2D eigenvalue weighted by molar-refractivity contribution is 0.264. The Kier molecular flexibility index (Phi) is 14.2. The van der Waals surface area contributed by atoms with Gasteiger partial charge in [0.1, 0.15) is 0 Å². The third-order valence-electron chi connectivity index (χ3n) is 0.362. The van der Waals surface area contributed by atoms with Crippen molar-refractivity contribution in [3.8, 4) is 0 Å². The number of aliphatic hydroxyl groups is 1. The second-order valence-corrected chi connectivity index (χ2v) is 0.762. The van der Waals surface area contributed by atoms with E-state index in [-0.39, 0.29) is 19.1 Å². The molecule has 0 aromatic carbocycles. The molecule has 0 saturated heterocycles. The first-order chi connectivity index (χ1) is 2.41. The normalized spacial score (nSPS) is 7.00. The van der Waals surface area contributed by atoms with Gasteiger partial charge in [-0.25, -0.2) is 0 Å². The van der Waals surface area contributed by atoms with Gasteiger partial charge in [0, 0.05) is 0 Å². The number of hydrogen-bond acceptors (Lipinski definition) is 2. The minimum Gasteiger partial charge on any atom is -0.381 e. The monoisotopic (exact) mass is 111 g/mol. The number of rotatable bonds is 2. The van der Waals surface area contributed by atoms with Gasteiger partial charge >= 0.3 is 0 Å². The lowest BCUT2D eigenvalue weighted by Crippen LogP contribution is -2.12. The van der Waals surface area contributed by atoms with E-state index in [9.17, 15) is 0 Å². The van der Waals surface area contributed by atoms with Crippen LogP contribution in [0.3, 0.4) is 0 Å². The molecule has 0 aliphatic carbocycles. The Morgan fingerprint density at radius 3 is 2.17 bits per heavy atom. The number of nitrogens with one attached hydrogen (secondary N) is 1. The van der Waals surface area contributed by atoms with E-state index in [1.807, 2.05) is 6.92 Å². The molecule has 0 fully saturated rings. The highest BCUT2D eigenvalue weighted by Crippen LogP contribution is 1.43. The van der Waals surface area contributed by atoms with E-state index in [1.54, 1.807) is 0 Å². The number of aliphatic hydroxyl groups excluding tert-OH is 1. The second kappa shape index (κ2) is 8.96. The van der Waals surface area contributed by atoms with Crippen molar-refractivity contribution in [3.63, 3.8) is 0 Å². The van der Waals surface area contributed by atoms with Crippen LogP contribution in [0.5, 0.6) is 0 Å². The molecule has 0 heterocycles. The molecule has 3 heteroatoms. The first-order valence-electron chi connectivity index (χ1n) is 1.73. The molecule has 2 nitrogen and oxygen atoms in total. The van der Waals surface area contributed by atoms with Crippen LogP contribution in [0.25, 0.3) is 0 Å². The van der Waals surface area contributed by atoms with Gasteiger partial charge in [-0.05, 0) is 6.54 Å². The first-order valence-corrected chi connectivity index (χ1v) is 1.73. The van der Waals surface area contributed by atoms with Gasteiger partial charge in [-0.1, -0.05) is 6.92 Å². The Morgan fingerprint density at radius 2 is 2.17 bits per heavy atom. The minimum absolute atomic E-state index is 0. The highest BCUT2D eigenvalue weighted by atomic mass is 35.5. The van der Waals surface area contributed by atoms with Crippen LogP contribution >= 0.6 is 12.4 Å². The third-order valence-corrected chi connectivity index (χ3v) is 0.362. The lowest BCUT2D eigenvalue weighted by atomic mass is 10.8. The van der Waals surface area contributed by atoms with Crippen molar-refractivity contribution in [1.82, 2.24) is 5.32 Å². The molecule has 0 unspecified atom stereocenters. The first kappa shape index (κ1) is 9.51. The van der Waals surface area contributed by atoms with Crippen molar-refractivity contribution in [2.75, 3.05) is 13.3 Å². The van der Waals surface area contributed by atoms with Crippen molar-refractivity contribution in [2.24, 2.45) is 0 Å². The lowest BCUT2D eigenvalue weighted by Gasteiger charge is -1.85. The van der Waals surface area contributed by atoms with E-state index in [1.165, 1.54) is 0 Å². The summed E-state index contributed by atoms with van der Waals surface area (Å²) in [6.45, 7) is 2.88. The molecule has 0 aliphatic rings. The van der Waals surface area contributed by atoms with Gasteiger partial charge in [-0.15, -0.1) is 12.4 Å². The van der Waals surface area contributed by atoms with Gasteiger partial charge in [0.05, 0.1) is 6.73 Å². The molecule has 40 valence electrons. The molecule has 0 aliphatic heterocycles. The van der Waals surface area contributed by atoms with Gasteiger partial charge in [0.25, 0.3) is 0 Å². The Balaban J connectivity index is 0. The minimum atomic E-state index is 0. The average molecular weight is 112 g/mol. The predicted octanol–water partition coefficient (Wildman–Crippen LogP) is -0.0325. The summed E-state index contributed by atoms with van der Waals surface area (Å²) in [4.78, 5) is 0. The molecule has 0 radical (unpaired) electrons. The van der Waals surface area contributed by atoms with Gasteiger partial charge in [0.15, 0.2) is 0 Å². The summed E-state index contributed by atoms with van der Waals surface area (Å²) in [5.74, 6) is 0. The fourth-order valence-electron chi connectivity index (χ4n) is 0.112. The Bertz CT molecular complexity index is 18.3. The Hall–Kier alpha value is 0.210. The van der Waals surface area contributed by atoms with Crippen molar-refractivity contribution >= 4 is 12.4 Å². The SMILES string of the molecule is CCNCO.Cl. The van der Waals surface area contributed by atoms with Crippen molar-refractivity contribution in [1.29, 1.82) is 0 Å². The molecule has 0 amide bonds. The maximum Gasteiger partial charge on any atom is 0.0931 e. The standard InChI is InChI=1S/C3H9NO.ClH/c1-2-4-3-5;/h4-5H,2-3H2,1H3;1H. The summed E-state index contributed by atoms with van der Waals surface area (Å²) >= 11 is 0. The van der Waals surface area contributed by atoms with Crippen LogP contribution in [0.2, 0.25) is 0 Å². The topological polar surface area (TPSA) is 32.3 Å². The molecular weight excluding hydrogens is 101 g/mol. The fourth-order valence-corrected chi connectivity index (χ4v) is 0.112. The zero-order valence-corrected chi connectivity index (χ0v) is 4.59. The molecule has 0 atom stereocenters. The summed E-state index contributed by atoms with van der Waals surface area (Å²) in [6, 6.07) is 0. The Morgan fingerprint density at radius 1 is 1.67 bits per heavy atom. The van der Waals surface area contributed by atoms with Crippen LogP contribution < -0.4 is 5.32 Å². The van der Waals surface area contributed by atoms with Gasteiger partial charge in [-0.2, -0.15) is 0 Å². The predicted molar refractivity (Wildman–Crippen MR) is 28.0 cm³/mol. The molecule has 6 heavy (non-hydrogen) atoms. The summed E-state index contributed by atoms with van der Waals surface area (Å²) in [6.07, 6.45) is 0. The average Bonchev–Trinajstić information content (AvgIpc) is 1.41. The maximum absolute atomic E-state index is 7.96. The van der Waals surface area contributed by atoms with Crippen LogP contribution in [-0.4, -0.2) is 18.4 Å². The molecule has 0 aromatic rings. The molecule has 0 rings (SSSR count). The van der Waals surface area contributed by atoms with Crippen LogP contribution in [0, 0.1) is 0 Å². The van der Waals surface area contributed by atoms with Crippen molar-refractivity contribution in [3.05, 3.63) is 0 Å². The molecule has 0 bridgehead atoms. The van der Waals surface area contributed by atoms with Crippen LogP contribution in [0.4, 0.5) is 0 Å². The summed E-state index contributed by atoms with van der Waals surface area (Å²) in [5.41, 5.74) is 0. The van der Waals surface area contributed by atoms with E-state index >= 15 is 0 Å². The largest absolute Gasteiger partial charge is 0.381 e. The quantitative estimate of drug-likeness (QED) is 0.491. The van der Waals surface area contributed by atoms with Crippen LogP contribution in [-0.2, 0) is 0 Å². The van der Waals surface area contributed by atoms with E-state index in [0.29, 0.717) is 0 Å². The smallest absolute Gasteiger partial charge is 0.0931 e. The fraction of sp³-hybridized carbons (Fsp3) is 1.00. The van der Waals surface area contributed by atoms with Gasteiger partial charge < -0.3 is 5.11 Å². The zero-order chi connectivity index (χ0) is 4.12. The summed E-state index contributed by atoms with van der Waals surface area (Å²) in [7, 11) is 0. The van der Waals surface area contributed by atoms with E-state index in [0.717, 1.165) is 6.54 Å². The summed E-state index contributed by atoms with van der Waals surface area (Å²) in [5, 5.41) is 10.6. The highest BCUT2D eigenvalue weighted by molar-refractivity contribution is 5.85. The second-order valence-electron chi connectivity index (χ2n) is 0.762. The third kappa shape index (κ3) is 8.88. The van der Waals surface area contributed by atoms with Gasteiger partial charge in [-0.3, -0.25) is 5.32 Å². The zero-order valence-electron chi connectivity index (χ0n) is 3.77. The molecule has 0 aromatic heterocycles.